The van der Waals surface area contributed by atoms with E-state index in [0.29, 0.717) is 17.0 Å². The number of phenolic OH excluding ortho intramolecular Hbond substituents is 1. The molecule has 0 saturated heterocycles. The van der Waals surface area contributed by atoms with Crippen LogP contribution in [0.25, 0.3) is 0 Å². The highest BCUT2D eigenvalue weighted by atomic mass is 16.3. The van der Waals surface area contributed by atoms with Crippen molar-refractivity contribution in [3.05, 3.63) is 29.3 Å². The van der Waals surface area contributed by atoms with E-state index in [1.54, 1.807) is 25.1 Å². The van der Waals surface area contributed by atoms with Gasteiger partial charge in [-0.15, -0.1) is 0 Å². The van der Waals surface area contributed by atoms with Gasteiger partial charge in [0.2, 0.25) is 0 Å². The Kier molecular flexibility index (Phi) is 3.90. The fourth-order valence-electron chi connectivity index (χ4n) is 2.71. The smallest absolute Gasteiger partial charge is 0.251 e. The first-order valence-electron chi connectivity index (χ1n) is 6.64. The molecule has 3 heteroatoms. The fourth-order valence-corrected chi connectivity index (χ4v) is 2.71. The normalized spacial score (nSPS) is 23.0. The van der Waals surface area contributed by atoms with Crippen LogP contribution in [0.2, 0.25) is 0 Å². The van der Waals surface area contributed by atoms with Crippen molar-refractivity contribution in [3.8, 4) is 5.75 Å². The van der Waals surface area contributed by atoms with Crippen LogP contribution >= 0.6 is 0 Å². The summed E-state index contributed by atoms with van der Waals surface area (Å²) in [5, 5.41) is 12.6. The molecule has 0 spiro atoms. The first-order chi connectivity index (χ1) is 8.58. The van der Waals surface area contributed by atoms with Gasteiger partial charge in [-0.1, -0.05) is 19.4 Å². The zero-order valence-corrected chi connectivity index (χ0v) is 11.1. The summed E-state index contributed by atoms with van der Waals surface area (Å²) < 4.78 is 0. The van der Waals surface area contributed by atoms with Crippen LogP contribution in [0.1, 0.15) is 42.1 Å². The summed E-state index contributed by atoms with van der Waals surface area (Å²) in [4.78, 5) is 12.0. The minimum atomic E-state index is -0.0806. The molecule has 18 heavy (non-hydrogen) atoms. The highest BCUT2D eigenvalue weighted by Crippen LogP contribution is 2.29. The molecule has 0 bridgehead atoms. The van der Waals surface area contributed by atoms with E-state index in [2.05, 4.69) is 12.2 Å². The van der Waals surface area contributed by atoms with Crippen LogP contribution in [-0.4, -0.2) is 17.6 Å². The summed E-state index contributed by atoms with van der Waals surface area (Å²) in [6, 6.07) is 5.06. The molecule has 1 aromatic rings. The predicted octanol–water partition coefficient (Wildman–Crippen LogP) is 2.87. The molecule has 98 valence electrons. The van der Waals surface area contributed by atoms with Gasteiger partial charge in [0.1, 0.15) is 5.75 Å². The van der Waals surface area contributed by atoms with Gasteiger partial charge < -0.3 is 10.4 Å². The van der Waals surface area contributed by atoms with E-state index in [-0.39, 0.29) is 11.7 Å². The van der Waals surface area contributed by atoms with Crippen LogP contribution in [0.15, 0.2) is 18.2 Å². The van der Waals surface area contributed by atoms with Gasteiger partial charge in [0, 0.05) is 17.7 Å². The highest BCUT2D eigenvalue weighted by Gasteiger charge is 2.22. The second kappa shape index (κ2) is 5.42. The van der Waals surface area contributed by atoms with Crippen LogP contribution < -0.4 is 5.32 Å². The molecular formula is C15H21NO2. The average molecular weight is 247 g/mol. The van der Waals surface area contributed by atoms with Crippen molar-refractivity contribution in [2.75, 3.05) is 6.54 Å². The van der Waals surface area contributed by atoms with Crippen LogP contribution in [0.4, 0.5) is 0 Å². The predicted molar refractivity (Wildman–Crippen MR) is 71.7 cm³/mol. The molecule has 2 atom stereocenters. The Labute approximate surface area is 108 Å². The van der Waals surface area contributed by atoms with Gasteiger partial charge in [0.05, 0.1) is 0 Å². The number of amides is 1. The third-order valence-corrected chi connectivity index (χ3v) is 3.90. The van der Waals surface area contributed by atoms with Gasteiger partial charge >= 0.3 is 0 Å². The Morgan fingerprint density at radius 1 is 1.44 bits per heavy atom. The van der Waals surface area contributed by atoms with Crippen molar-refractivity contribution < 1.29 is 9.90 Å². The molecule has 1 saturated carbocycles. The molecule has 1 aromatic carbocycles. The maximum Gasteiger partial charge on any atom is 0.251 e. The van der Waals surface area contributed by atoms with Gasteiger partial charge in [-0.25, -0.2) is 0 Å². The van der Waals surface area contributed by atoms with E-state index in [0.717, 1.165) is 12.5 Å². The Balaban J connectivity index is 1.94. The lowest BCUT2D eigenvalue weighted by Gasteiger charge is -2.12. The molecule has 2 unspecified atom stereocenters. The second-order valence-electron chi connectivity index (χ2n) is 5.44. The number of hydrogen-bond acceptors (Lipinski definition) is 2. The summed E-state index contributed by atoms with van der Waals surface area (Å²) in [6.07, 6.45) is 3.69. The van der Waals surface area contributed by atoms with E-state index in [1.165, 1.54) is 19.3 Å². The zero-order chi connectivity index (χ0) is 13.1. The SMILES string of the molecule is Cc1c(O)cccc1C(=O)NCC1CCC(C)C1. The minimum Gasteiger partial charge on any atom is -0.508 e. The van der Waals surface area contributed by atoms with E-state index in [4.69, 9.17) is 0 Å². The maximum absolute atomic E-state index is 12.0. The van der Waals surface area contributed by atoms with Crippen molar-refractivity contribution in [2.24, 2.45) is 11.8 Å². The number of hydrogen-bond donors (Lipinski definition) is 2. The summed E-state index contributed by atoms with van der Waals surface area (Å²) in [5.41, 5.74) is 1.22. The first kappa shape index (κ1) is 12.9. The van der Waals surface area contributed by atoms with Crippen LogP contribution in [-0.2, 0) is 0 Å². The number of nitrogens with one attached hydrogen (secondary N) is 1. The maximum atomic E-state index is 12.0. The highest BCUT2D eigenvalue weighted by molar-refractivity contribution is 5.96. The third kappa shape index (κ3) is 2.84. The quantitative estimate of drug-likeness (QED) is 0.863. The second-order valence-corrected chi connectivity index (χ2v) is 5.44. The van der Waals surface area contributed by atoms with Crippen molar-refractivity contribution >= 4 is 5.91 Å². The Morgan fingerprint density at radius 3 is 2.89 bits per heavy atom. The monoisotopic (exact) mass is 247 g/mol. The number of aromatic hydroxyl groups is 1. The topological polar surface area (TPSA) is 49.3 Å². The van der Waals surface area contributed by atoms with Crippen LogP contribution in [0.5, 0.6) is 5.75 Å². The summed E-state index contributed by atoms with van der Waals surface area (Å²) in [5.74, 6) is 1.50. The van der Waals surface area contributed by atoms with Gasteiger partial charge in [0.25, 0.3) is 5.91 Å². The van der Waals surface area contributed by atoms with Crippen molar-refractivity contribution in [3.63, 3.8) is 0 Å². The Morgan fingerprint density at radius 2 is 2.22 bits per heavy atom. The van der Waals surface area contributed by atoms with Crippen molar-refractivity contribution in [2.45, 2.75) is 33.1 Å². The number of rotatable bonds is 3. The van der Waals surface area contributed by atoms with Crippen molar-refractivity contribution in [1.29, 1.82) is 0 Å². The summed E-state index contributed by atoms with van der Waals surface area (Å²) >= 11 is 0. The lowest BCUT2D eigenvalue weighted by atomic mass is 10.0. The van der Waals surface area contributed by atoms with Gasteiger partial charge in [0.15, 0.2) is 0 Å². The molecule has 1 aliphatic carbocycles. The van der Waals surface area contributed by atoms with Gasteiger partial charge in [-0.2, -0.15) is 0 Å². The molecule has 2 N–H and O–H groups in total. The van der Waals surface area contributed by atoms with Crippen LogP contribution in [0.3, 0.4) is 0 Å². The molecule has 0 radical (unpaired) electrons. The summed E-state index contributed by atoms with van der Waals surface area (Å²) in [7, 11) is 0. The van der Waals surface area contributed by atoms with E-state index in [1.807, 2.05) is 0 Å². The molecule has 0 aromatic heterocycles. The molecule has 1 aliphatic rings. The molecule has 1 fully saturated rings. The average Bonchev–Trinajstić information content (AvgIpc) is 2.76. The minimum absolute atomic E-state index is 0.0806. The number of phenols is 1. The largest absolute Gasteiger partial charge is 0.508 e. The van der Waals surface area contributed by atoms with E-state index < -0.39 is 0 Å². The third-order valence-electron chi connectivity index (χ3n) is 3.90. The Bertz CT molecular complexity index is 442. The first-order valence-corrected chi connectivity index (χ1v) is 6.64. The lowest BCUT2D eigenvalue weighted by molar-refractivity contribution is 0.0946. The van der Waals surface area contributed by atoms with E-state index in [9.17, 15) is 9.90 Å². The molecule has 1 amide bonds. The van der Waals surface area contributed by atoms with Crippen molar-refractivity contribution in [1.82, 2.24) is 5.32 Å². The molecule has 3 nitrogen and oxygen atoms in total. The molecule has 2 rings (SSSR count). The van der Waals surface area contributed by atoms with Crippen LogP contribution in [0, 0.1) is 18.8 Å². The summed E-state index contributed by atoms with van der Waals surface area (Å²) in [6.45, 7) is 4.78. The zero-order valence-electron chi connectivity index (χ0n) is 11.1. The van der Waals surface area contributed by atoms with E-state index >= 15 is 0 Å². The van der Waals surface area contributed by atoms with Gasteiger partial charge in [-0.3, -0.25) is 4.79 Å². The number of carbonyl (C=O) groups is 1. The van der Waals surface area contributed by atoms with Gasteiger partial charge in [-0.05, 0) is 43.7 Å². The molecule has 0 heterocycles. The fraction of sp³-hybridized carbons (Fsp3) is 0.533. The lowest BCUT2D eigenvalue weighted by Crippen LogP contribution is -2.29. The Hall–Kier alpha value is -1.51. The molecular weight excluding hydrogens is 226 g/mol. The number of benzene rings is 1. The number of carbonyl (C=O) groups excluding carboxylic acids is 1. The molecule has 0 aliphatic heterocycles. The standard InChI is InChI=1S/C15H21NO2/c1-10-6-7-12(8-10)9-16-15(18)13-4-3-5-14(17)11(13)2/h3-5,10,12,17H,6-9H2,1-2H3,(H,16,18).